The van der Waals surface area contributed by atoms with E-state index in [0.29, 0.717) is 11.4 Å². The van der Waals surface area contributed by atoms with E-state index in [1.165, 1.54) is 0 Å². The van der Waals surface area contributed by atoms with Crippen molar-refractivity contribution in [2.24, 2.45) is 0 Å². The van der Waals surface area contributed by atoms with Crippen LogP contribution in [0.2, 0.25) is 5.02 Å². The van der Waals surface area contributed by atoms with E-state index >= 15 is 0 Å². The zero-order chi connectivity index (χ0) is 19.4. The van der Waals surface area contributed by atoms with E-state index < -0.39 is 0 Å². The largest absolute Gasteiger partial charge is 0.496 e. The van der Waals surface area contributed by atoms with Crippen LogP contribution in [-0.2, 0) is 4.79 Å². The number of para-hydroxylation sites is 1. The maximum atomic E-state index is 12.7. The molecule has 6 heteroatoms. The zero-order valence-corrected chi connectivity index (χ0v) is 16.5. The molecule has 1 amide bonds. The van der Waals surface area contributed by atoms with E-state index in [1.54, 1.807) is 19.4 Å². The topological polar surface area (TPSA) is 55.6 Å². The Balaban J connectivity index is 2.06. The molecule has 0 fully saturated rings. The maximum absolute atomic E-state index is 12.7. The van der Waals surface area contributed by atoms with Crippen LogP contribution in [0, 0.1) is 0 Å². The number of amides is 1. The summed E-state index contributed by atoms with van der Waals surface area (Å²) in [7, 11) is 1.64. The summed E-state index contributed by atoms with van der Waals surface area (Å²) in [5, 5.41) is 3.67. The number of ether oxygens (including phenoxy) is 1. The molecular formula is C21H24ClN3O2. The summed E-state index contributed by atoms with van der Waals surface area (Å²) in [4.78, 5) is 17.2. The predicted octanol–water partition coefficient (Wildman–Crippen LogP) is 4.43. The Bertz CT molecular complexity index is 938. The molecule has 0 spiro atoms. The van der Waals surface area contributed by atoms with E-state index in [9.17, 15) is 4.79 Å². The van der Waals surface area contributed by atoms with Crippen LogP contribution in [0.1, 0.15) is 43.9 Å². The number of rotatable bonds is 7. The number of carbonyl (C=O) groups excluding carboxylic acids is 1. The van der Waals surface area contributed by atoms with Gasteiger partial charge in [-0.05, 0) is 31.5 Å². The van der Waals surface area contributed by atoms with Crippen molar-refractivity contribution in [3.63, 3.8) is 0 Å². The Morgan fingerprint density at radius 2 is 2.07 bits per heavy atom. The molecule has 0 saturated carbocycles. The lowest BCUT2D eigenvalue weighted by Gasteiger charge is -2.21. The molecule has 2 aromatic heterocycles. The van der Waals surface area contributed by atoms with Gasteiger partial charge in [-0.3, -0.25) is 4.79 Å². The number of nitrogens with one attached hydrogen (secondary N) is 1. The molecular weight excluding hydrogens is 362 g/mol. The van der Waals surface area contributed by atoms with E-state index in [1.807, 2.05) is 47.9 Å². The Morgan fingerprint density at radius 1 is 1.30 bits per heavy atom. The zero-order valence-electron chi connectivity index (χ0n) is 15.8. The Kier molecular flexibility index (Phi) is 6.01. The molecule has 142 valence electrons. The monoisotopic (exact) mass is 385 g/mol. The van der Waals surface area contributed by atoms with Crippen LogP contribution in [0.5, 0.6) is 5.75 Å². The van der Waals surface area contributed by atoms with Crippen LogP contribution in [-0.4, -0.2) is 28.4 Å². The molecule has 0 aliphatic carbocycles. The molecule has 1 N–H and O–H groups in total. The summed E-state index contributed by atoms with van der Waals surface area (Å²) in [6.45, 7) is 4.05. The summed E-state index contributed by atoms with van der Waals surface area (Å²) >= 11 is 6.20. The number of imidazole rings is 1. The molecule has 0 aliphatic heterocycles. The number of hydrogen-bond donors (Lipinski definition) is 1. The van der Waals surface area contributed by atoms with Crippen molar-refractivity contribution in [2.75, 3.05) is 7.11 Å². The Labute approximate surface area is 164 Å². The number of pyridine rings is 1. The fourth-order valence-corrected chi connectivity index (χ4v) is 3.34. The third-order valence-corrected chi connectivity index (χ3v) is 5.00. The first-order valence-electron chi connectivity index (χ1n) is 9.08. The van der Waals surface area contributed by atoms with Crippen LogP contribution in [0.3, 0.4) is 0 Å². The van der Waals surface area contributed by atoms with Gasteiger partial charge in [-0.25, -0.2) is 4.98 Å². The molecule has 2 atom stereocenters. The van der Waals surface area contributed by atoms with Crippen molar-refractivity contribution >= 4 is 23.2 Å². The minimum absolute atomic E-state index is 0.00256. The Morgan fingerprint density at radius 3 is 2.81 bits per heavy atom. The fourth-order valence-electron chi connectivity index (χ4n) is 3.18. The number of nitrogens with zero attached hydrogens (tertiary/aromatic N) is 2. The quantitative estimate of drug-likeness (QED) is 0.654. The standard InChI is InChI=1S/C21H24ClN3O2/c1-4-14(2)24-21(26)11-17(16-7-5-6-8-19(16)27-3)18-12-23-20-10-9-15(22)13-25(18)20/h5-10,12-14,17H,4,11H2,1-3H3,(H,24,26)/t14-,17-/m0/s1. The van der Waals surface area contributed by atoms with Gasteiger partial charge in [-0.1, -0.05) is 36.7 Å². The van der Waals surface area contributed by atoms with Crippen LogP contribution < -0.4 is 10.1 Å². The molecule has 1 aromatic carbocycles. The van der Waals surface area contributed by atoms with Gasteiger partial charge in [0.05, 0.1) is 17.8 Å². The van der Waals surface area contributed by atoms with Gasteiger partial charge >= 0.3 is 0 Å². The SMILES string of the molecule is CC[C@H](C)NC(=O)C[C@@H](c1ccccc1OC)c1cnc2ccc(Cl)cn12. The molecule has 0 aliphatic rings. The first-order valence-corrected chi connectivity index (χ1v) is 9.46. The normalized spacial score (nSPS) is 13.3. The fraction of sp³-hybridized carbons (Fsp3) is 0.333. The highest BCUT2D eigenvalue weighted by Gasteiger charge is 2.25. The van der Waals surface area contributed by atoms with E-state index in [-0.39, 0.29) is 17.9 Å². The Hall–Kier alpha value is -2.53. The van der Waals surface area contributed by atoms with Crippen LogP contribution in [0.15, 0.2) is 48.8 Å². The van der Waals surface area contributed by atoms with Gasteiger partial charge in [0.2, 0.25) is 5.91 Å². The van der Waals surface area contributed by atoms with Crippen molar-refractivity contribution in [1.29, 1.82) is 0 Å². The van der Waals surface area contributed by atoms with Gasteiger partial charge in [-0.15, -0.1) is 0 Å². The molecule has 3 rings (SSSR count). The molecule has 0 unspecified atom stereocenters. The molecule has 0 radical (unpaired) electrons. The lowest BCUT2D eigenvalue weighted by Crippen LogP contribution is -2.33. The highest BCUT2D eigenvalue weighted by atomic mass is 35.5. The van der Waals surface area contributed by atoms with Crippen molar-refractivity contribution in [2.45, 2.75) is 38.6 Å². The van der Waals surface area contributed by atoms with Gasteiger partial charge in [0.15, 0.2) is 0 Å². The predicted molar refractivity (Wildman–Crippen MR) is 108 cm³/mol. The highest BCUT2D eigenvalue weighted by Crippen LogP contribution is 2.35. The molecule has 27 heavy (non-hydrogen) atoms. The van der Waals surface area contributed by atoms with E-state index in [0.717, 1.165) is 29.1 Å². The highest BCUT2D eigenvalue weighted by molar-refractivity contribution is 6.30. The minimum atomic E-state index is -0.210. The smallest absolute Gasteiger partial charge is 0.221 e. The van der Waals surface area contributed by atoms with Gasteiger partial charge < -0.3 is 14.5 Å². The second-order valence-electron chi connectivity index (χ2n) is 6.63. The summed E-state index contributed by atoms with van der Waals surface area (Å²) in [5.74, 6) is 0.534. The summed E-state index contributed by atoms with van der Waals surface area (Å²) in [5.41, 5.74) is 2.63. The maximum Gasteiger partial charge on any atom is 0.221 e. The van der Waals surface area contributed by atoms with Crippen LogP contribution in [0.4, 0.5) is 0 Å². The third-order valence-electron chi connectivity index (χ3n) is 4.78. The number of aromatic nitrogens is 2. The number of benzene rings is 1. The molecule has 5 nitrogen and oxygen atoms in total. The molecule has 2 heterocycles. The minimum Gasteiger partial charge on any atom is -0.496 e. The van der Waals surface area contributed by atoms with Gasteiger partial charge in [0.1, 0.15) is 11.4 Å². The number of fused-ring (bicyclic) bond motifs is 1. The summed E-state index contributed by atoms with van der Waals surface area (Å²) in [6, 6.07) is 11.6. The van der Waals surface area contributed by atoms with Crippen molar-refractivity contribution in [3.8, 4) is 5.75 Å². The van der Waals surface area contributed by atoms with Crippen LogP contribution >= 0.6 is 11.6 Å². The van der Waals surface area contributed by atoms with Gasteiger partial charge in [-0.2, -0.15) is 0 Å². The van der Waals surface area contributed by atoms with E-state index in [2.05, 4.69) is 17.2 Å². The van der Waals surface area contributed by atoms with Gasteiger partial charge in [0, 0.05) is 36.3 Å². The van der Waals surface area contributed by atoms with Crippen molar-refractivity contribution in [3.05, 3.63) is 65.1 Å². The van der Waals surface area contributed by atoms with Gasteiger partial charge in [0.25, 0.3) is 0 Å². The number of methoxy groups -OCH3 is 1. The molecule has 0 saturated heterocycles. The average Bonchev–Trinajstić information content (AvgIpc) is 3.08. The number of halogens is 1. The molecule has 0 bridgehead atoms. The van der Waals surface area contributed by atoms with E-state index in [4.69, 9.17) is 16.3 Å². The molecule has 3 aromatic rings. The van der Waals surface area contributed by atoms with Crippen molar-refractivity contribution < 1.29 is 9.53 Å². The first kappa shape index (κ1) is 19.2. The first-order chi connectivity index (χ1) is 13.0. The number of carbonyl (C=O) groups is 1. The van der Waals surface area contributed by atoms with Crippen molar-refractivity contribution in [1.82, 2.24) is 14.7 Å². The third kappa shape index (κ3) is 4.25. The van der Waals surface area contributed by atoms with Crippen LogP contribution in [0.25, 0.3) is 5.65 Å². The summed E-state index contributed by atoms with van der Waals surface area (Å²) < 4.78 is 7.50. The second-order valence-corrected chi connectivity index (χ2v) is 7.07. The lowest BCUT2D eigenvalue weighted by atomic mass is 9.91. The lowest BCUT2D eigenvalue weighted by molar-refractivity contribution is -0.121. The summed E-state index contributed by atoms with van der Waals surface area (Å²) in [6.07, 6.45) is 4.81. The average molecular weight is 386 g/mol. The number of hydrogen-bond acceptors (Lipinski definition) is 3. The second kappa shape index (κ2) is 8.44.